The molecule has 0 amide bonds. The summed E-state index contributed by atoms with van der Waals surface area (Å²) >= 11 is 11.5. The number of H-pyrrole nitrogens is 1. The topological polar surface area (TPSA) is 66.0 Å². The van der Waals surface area contributed by atoms with E-state index in [1.54, 1.807) is 0 Å². The summed E-state index contributed by atoms with van der Waals surface area (Å²) in [6.45, 7) is -0.800. The molecule has 22 heavy (non-hydrogen) atoms. The number of halogens is 5. The number of alkyl halides is 3. The zero-order chi connectivity index (χ0) is 16.5. The normalized spacial score (nSPS) is 11.7. The Morgan fingerprint density at radius 3 is 2.45 bits per heavy atom. The van der Waals surface area contributed by atoms with Crippen molar-refractivity contribution in [2.75, 3.05) is 0 Å². The number of aliphatic hydroxyl groups excluding tert-OH is 1. The van der Waals surface area contributed by atoms with E-state index in [-0.39, 0.29) is 16.5 Å². The fourth-order valence-corrected chi connectivity index (χ4v) is 2.19. The summed E-state index contributed by atoms with van der Waals surface area (Å²) in [6.07, 6.45) is -5.14. The van der Waals surface area contributed by atoms with Crippen LogP contribution >= 0.6 is 23.2 Å². The molecule has 0 saturated carbocycles. The van der Waals surface area contributed by atoms with Crippen LogP contribution in [0.1, 0.15) is 22.6 Å². The number of aliphatic hydroxyl groups is 1. The van der Waals surface area contributed by atoms with Crippen molar-refractivity contribution in [3.8, 4) is 0 Å². The first-order chi connectivity index (χ1) is 10.2. The molecule has 1 aromatic carbocycles. The van der Waals surface area contributed by atoms with E-state index in [2.05, 4.69) is 9.97 Å². The Labute approximate surface area is 132 Å². The molecule has 1 aromatic heterocycles. The van der Waals surface area contributed by atoms with Crippen LogP contribution in [0.4, 0.5) is 13.2 Å². The molecule has 1 heterocycles. The van der Waals surface area contributed by atoms with Gasteiger partial charge in [-0.1, -0.05) is 29.3 Å². The monoisotopic (exact) mass is 352 g/mol. The number of aromatic amines is 1. The van der Waals surface area contributed by atoms with Crippen LogP contribution in [0.2, 0.25) is 10.0 Å². The van der Waals surface area contributed by atoms with Gasteiger partial charge in [0.05, 0.1) is 15.6 Å². The minimum atomic E-state index is -4.82. The van der Waals surface area contributed by atoms with Gasteiger partial charge in [0.25, 0.3) is 5.56 Å². The van der Waals surface area contributed by atoms with E-state index in [0.717, 1.165) is 0 Å². The fraction of sp³-hybridized carbons (Fsp3) is 0.231. The molecule has 0 radical (unpaired) electrons. The minimum Gasteiger partial charge on any atom is -0.388 e. The molecular weight excluding hydrogens is 344 g/mol. The van der Waals surface area contributed by atoms with E-state index >= 15 is 0 Å². The van der Waals surface area contributed by atoms with Crippen LogP contribution in [-0.2, 0) is 19.2 Å². The summed E-state index contributed by atoms with van der Waals surface area (Å²) in [5.41, 5.74) is -2.46. The number of nitrogens with zero attached hydrogens (tertiary/aromatic N) is 1. The van der Waals surface area contributed by atoms with E-state index in [1.165, 1.54) is 18.2 Å². The van der Waals surface area contributed by atoms with Gasteiger partial charge in [0.15, 0.2) is 5.69 Å². The quantitative estimate of drug-likeness (QED) is 0.891. The van der Waals surface area contributed by atoms with Gasteiger partial charge >= 0.3 is 6.18 Å². The molecule has 118 valence electrons. The van der Waals surface area contributed by atoms with Crippen LogP contribution in [0.5, 0.6) is 0 Å². The molecule has 0 unspecified atom stereocenters. The molecule has 2 rings (SSSR count). The second-order valence-corrected chi connectivity index (χ2v) is 5.24. The van der Waals surface area contributed by atoms with Crippen molar-refractivity contribution in [3.63, 3.8) is 0 Å². The van der Waals surface area contributed by atoms with Gasteiger partial charge in [0.2, 0.25) is 0 Å². The number of rotatable bonds is 3. The molecule has 2 N–H and O–H groups in total. The lowest BCUT2D eigenvalue weighted by atomic mass is 10.0. The van der Waals surface area contributed by atoms with Gasteiger partial charge in [0.1, 0.15) is 12.4 Å². The highest BCUT2D eigenvalue weighted by molar-refractivity contribution is 6.42. The molecule has 0 aliphatic carbocycles. The van der Waals surface area contributed by atoms with Gasteiger partial charge in [-0.3, -0.25) is 4.79 Å². The lowest BCUT2D eigenvalue weighted by Gasteiger charge is -2.12. The van der Waals surface area contributed by atoms with Crippen LogP contribution in [0.3, 0.4) is 0 Å². The highest BCUT2D eigenvalue weighted by Gasteiger charge is 2.37. The zero-order valence-electron chi connectivity index (χ0n) is 10.8. The third-order valence-corrected chi connectivity index (χ3v) is 3.59. The number of aromatic nitrogens is 2. The molecular formula is C13H9Cl2F3N2O2. The van der Waals surface area contributed by atoms with Gasteiger partial charge < -0.3 is 10.1 Å². The maximum atomic E-state index is 13.0. The standard InChI is InChI=1S/C13H9Cl2F3N2O2/c14-8-2-1-6(4-9(8)15)3-7-11(13(16,17)18)19-10(5-21)20-12(7)22/h1-2,4,21H,3,5H2,(H,19,20,22). The molecule has 9 heteroatoms. The number of hydrogen-bond acceptors (Lipinski definition) is 3. The summed E-state index contributed by atoms with van der Waals surface area (Å²) < 4.78 is 39.1. The molecule has 0 fully saturated rings. The van der Waals surface area contributed by atoms with Gasteiger partial charge in [-0.05, 0) is 17.7 Å². The van der Waals surface area contributed by atoms with Crippen LogP contribution in [0, 0.1) is 0 Å². The second kappa shape index (κ2) is 6.28. The smallest absolute Gasteiger partial charge is 0.388 e. The number of benzene rings is 1. The number of hydrogen-bond donors (Lipinski definition) is 2. The van der Waals surface area contributed by atoms with Crippen LogP contribution < -0.4 is 5.56 Å². The lowest BCUT2D eigenvalue weighted by molar-refractivity contribution is -0.142. The van der Waals surface area contributed by atoms with Gasteiger partial charge in [-0.25, -0.2) is 4.98 Å². The van der Waals surface area contributed by atoms with Crippen molar-refractivity contribution >= 4 is 23.2 Å². The third-order valence-electron chi connectivity index (χ3n) is 2.85. The van der Waals surface area contributed by atoms with E-state index in [1.807, 2.05) is 0 Å². The maximum Gasteiger partial charge on any atom is 0.433 e. The Morgan fingerprint density at radius 2 is 1.91 bits per heavy atom. The average Bonchev–Trinajstić information content (AvgIpc) is 2.43. The summed E-state index contributed by atoms with van der Waals surface area (Å²) in [4.78, 5) is 17.2. The largest absolute Gasteiger partial charge is 0.433 e. The third kappa shape index (κ3) is 3.60. The molecule has 0 bridgehead atoms. The van der Waals surface area contributed by atoms with Crippen LogP contribution in [-0.4, -0.2) is 15.1 Å². The van der Waals surface area contributed by atoms with E-state index in [9.17, 15) is 18.0 Å². The average molecular weight is 353 g/mol. The van der Waals surface area contributed by atoms with Gasteiger partial charge in [-0.15, -0.1) is 0 Å². The minimum absolute atomic E-state index is 0.170. The Balaban J connectivity index is 2.54. The summed E-state index contributed by atoms with van der Waals surface area (Å²) in [5.74, 6) is -0.449. The predicted molar refractivity (Wildman–Crippen MR) is 75.1 cm³/mol. The first kappa shape index (κ1) is 16.8. The molecule has 2 aromatic rings. The second-order valence-electron chi connectivity index (χ2n) is 4.42. The van der Waals surface area contributed by atoms with Crippen LogP contribution in [0.25, 0.3) is 0 Å². The van der Waals surface area contributed by atoms with E-state index < -0.39 is 35.4 Å². The highest BCUT2D eigenvalue weighted by Crippen LogP contribution is 2.31. The van der Waals surface area contributed by atoms with E-state index in [4.69, 9.17) is 28.3 Å². The summed E-state index contributed by atoms with van der Waals surface area (Å²) in [5, 5.41) is 9.29. The highest BCUT2D eigenvalue weighted by atomic mass is 35.5. The Kier molecular flexibility index (Phi) is 4.79. The first-order valence-electron chi connectivity index (χ1n) is 5.96. The lowest BCUT2D eigenvalue weighted by Crippen LogP contribution is -2.25. The summed E-state index contributed by atoms with van der Waals surface area (Å²) in [6, 6.07) is 4.27. The van der Waals surface area contributed by atoms with Crippen molar-refractivity contribution in [1.29, 1.82) is 0 Å². The van der Waals surface area contributed by atoms with Crippen molar-refractivity contribution in [2.45, 2.75) is 19.2 Å². The van der Waals surface area contributed by atoms with Gasteiger partial charge in [0, 0.05) is 6.42 Å². The SMILES string of the molecule is O=c1[nH]c(CO)nc(C(F)(F)F)c1Cc1ccc(Cl)c(Cl)c1. The summed E-state index contributed by atoms with van der Waals surface area (Å²) in [7, 11) is 0. The Morgan fingerprint density at radius 1 is 1.23 bits per heavy atom. The Hall–Kier alpha value is -1.57. The molecule has 0 aliphatic heterocycles. The van der Waals surface area contributed by atoms with Crippen molar-refractivity contribution in [3.05, 3.63) is 61.2 Å². The molecule has 0 saturated heterocycles. The van der Waals surface area contributed by atoms with Crippen molar-refractivity contribution < 1.29 is 18.3 Å². The van der Waals surface area contributed by atoms with Gasteiger partial charge in [-0.2, -0.15) is 13.2 Å². The Bertz CT molecular complexity index is 760. The molecule has 4 nitrogen and oxygen atoms in total. The molecule has 0 aliphatic rings. The van der Waals surface area contributed by atoms with E-state index in [0.29, 0.717) is 5.56 Å². The maximum absolute atomic E-state index is 13.0. The fourth-order valence-electron chi connectivity index (χ4n) is 1.87. The molecule has 0 atom stereocenters. The first-order valence-corrected chi connectivity index (χ1v) is 6.72. The number of nitrogens with one attached hydrogen (secondary N) is 1. The predicted octanol–water partition coefficient (Wildman–Crippen LogP) is 3.18. The molecule has 0 spiro atoms. The zero-order valence-corrected chi connectivity index (χ0v) is 12.4. The van der Waals surface area contributed by atoms with Crippen LogP contribution in [0.15, 0.2) is 23.0 Å². The van der Waals surface area contributed by atoms with Crippen molar-refractivity contribution in [1.82, 2.24) is 9.97 Å². The van der Waals surface area contributed by atoms with Crippen molar-refractivity contribution in [2.24, 2.45) is 0 Å².